The third-order valence-electron chi connectivity index (χ3n) is 7.61. The second-order valence-electron chi connectivity index (χ2n) is 11.0. The molecule has 0 saturated carbocycles. The van der Waals surface area contributed by atoms with Gasteiger partial charge in [-0.05, 0) is 68.9 Å². The number of ether oxygens (including phenoxy) is 1. The van der Waals surface area contributed by atoms with Gasteiger partial charge in [0.15, 0.2) is 0 Å². The normalized spacial score (nSPS) is 19.5. The fourth-order valence-electron chi connectivity index (χ4n) is 5.55. The number of aromatic nitrogens is 5. The van der Waals surface area contributed by atoms with Gasteiger partial charge in [-0.3, -0.25) is 15.1 Å². The first-order chi connectivity index (χ1) is 19.3. The maximum absolute atomic E-state index is 13.6. The summed E-state index contributed by atoms with van der Waals surface area (Å²) in [5.41, 5.74) is 4.90. The Hall–Kier alpha value is -3.73. The van der Waals surface area contributed by atoms with E-state index in [9.17, 15) is 9.00 Å². The minimum atomic E-state index is -2.23. The van der Waals surface area contributed by atoms with Crippen molar-refractivity contribution in [2.24, 2.45) is 17.3 Å². The number of pyridine rings is 1. The summed E-state index contributed by atoms with van der Waals surface area (Å²) in [6.45, 7) is 5.25. The van der Waals surface area contributed by atoms with Crippen molar-refractivity contribution in [1.82, 2.24) is 24.3 Å². The topological polar surface area (TPSA) is 116 Å². The standard InChI is InChI=1S/C29H35N7O3S/c1-19-8-7-11-39-28-23(17-30-35(28)3)25-15-21(14-20(2)31-25)27(37)33-29-32-24-10-9-22(16-26(24)36(29)18-19)34-40(38)12-5-4-6-13-40/h9-10,14-17,19H,4-8,11-13,18H2,1-3H3,(H,32,33,37). The molecular formula is C29H35N7O3S. The number of fused-ring (bicyclic) bond motifs is 7. The van der Waals surface area contributed by atoms with Crippen molar-refractivity contribution in [3.8, 4) is 17.1 Å². The van der Waals surface area contributed by atoms with E-state index in [1.54, 1.807) is 23.0 Å². The van der Waals surface area contributed by atoms with Crippen molar-refractivity contribution in [1.29, 1.82) is 0 Å². The summed E-state index contributed by atoms with van der Waals surface area (Å²) in [6.07, 6.45) is 6.53. The van der Waals surface area contributed by atoms with Gasteiger partial charge in [0.2, 0.25) is 11.8 Å². The number of anilines is 1. The van der Waals surface area contributed by atoms with E-state index in [1.165, 1.54) is 0 Å². The molecule has 1 aromatic carbocycles. The lowest BCUT2D eigenvalue weighted by Gasteiger charge is -2.17. The summed E-state index contributed by atoms with van der Waals surface area (Å²) in [5, 5.41) is 7.43. The zero-order valence-electron chi connectivity index (χ0n) is 23.2. The van der Waals surface area contributed by atoms with Gasteiger partial charge in [-0.2, -0.15) is 9.46 Å². The smallest absolute Gasteiger partial charge is 0.258 e. The predicted octanol–water partition coefficient (Wildman–Crippen LogP) is 5.48. The molecule has 11 heteroatoms. The molecule has 0 radical (unpaired) electrons. The molecule has 3 aromatic heterocycles. The van der Waals surface area contributed by atoms with Crippen molar-refractivity contribution in [3.05, 3.63) is 47.8 Å². The molecule has 4 aromatic rings. The summed E-state index contributed by atoms with van der Waals surface area (Å²) >= 11 is 0. The van der Waals surface area contributed by atoms with E-state index in [0.29, 0.717) is 59.1 Å². The molecule has 1 N–H and O–H groups in total. The summed E-state index contributed by atoms with van der Waals surface area (Å²) < 4.78 is 27.9. The number of rotatable bonds is 1. The molecule has 5 heterocycles. The zero-order valence-corrected chi connectivity index (χ0v) is 24.0. The van der Waals surface area contributed by atoms with Gasteiger partial charge in [0.05, 0.1) is 50.5 Å². The molecule has 40 heavy (non-hydrogen) atoms. The van der Waals surface area contributed by atoms with Crippen LogP contribution in [0.4, 0.5) is 11.6 Å². The predicted molar refractivity (Wildman–Crippen MR) is 157 cm³/mol. The lowest BCUT2D eigenvalue weighted by Crippen LogP contribution is -2.18. The van der Waals surface area contributed by atoms with E-state index in [2.05, 4.69) is 26.9 Å². The van der Waals surface area contributed by atoms with Crippen molar-refractivity contribution in [3.63, 3.8) is 0 Å². The maximum atomic E-state index is 13.6. The number of aryl methyl sites for hydroxylation is 2. The lowest BCUT2D eigenvalue weighted by atomic mass is 10.1. The van der Waals surface area contributed by atoms with Gasteiger partial charge in [0.1, 0.15) is 0 Å². The Morgan fingerprint density at radius 2 is 1.93 bits per heavy atom. The van der Waals surface area contributed by atoms with E-state index < -0.39 is 9.73 Å². The lowest BCUT2D eigenvalue weighted by molar-refractivity contribution is 0.102. The number of nitrogens with one attached hydrogen (secondary N) is 1. The number of amides is 1. The highest BCUT2D eigenvalue weighted by Gasteiger charge is 2.21. The molecule has 2 aliphatic heterocycles. The molecule has 210 valence electrons. The molecular weight excluding hydrogens is 526 g/mol. The van der Waals surface area contributed by atoms with Gasteiger partial charge < -0.3 is 9.30 Å². The fourth-order valence-corrected chi connectivity index (χ4v) is 7.75. The second kappa shape index (κ2) is 10.7. The van der Waals surface area contributed by atoms with Crippen LogP contribution in [0.15, 0.2) is 40.9 Å². The molecule has 0 aliphatic carbocycles. The highest BCUT2D eigenvalue weighted by atomic mass is 32.2. The van der Waals surface area contributed by atoms with Crippen LogP contribution in [0.5, 0.6) is 5.88 Å². The summed E-state index contributed by atoms with van der Waals surface area (Å²) in [7, 11) is -0.393. The van der Waals surface area contributed by atoms with Crippen molar-refractivity contribution < 1.29 is 13.7 Å². The Kier molecular flexibility index (Phi) is 7.07. The summed E-state index contributed by atoms with van der Waals surface area (Å²) in [4.78, 5) is 23.0. The second-order valence-corrected chi connectivity index (χ2v) is 13.5. The van der Waals surface area contributed by atoms with E-state index >= 15 is 0 Å². The van der Waals surface area contributed by atoms with E-state index in [-0.39, 0.29) is 11.8 Å². The van der Waals surface area contributed by atoms with Crippen molar-refractivity contribution in [2.75, 3.05) is 23.4 Å². The first kappa shape index (κ1) is 26.5. The molecule has 2 aliphatic rings. The van der Waals surface area contributed by atoms with Crippen LogP contribution in [0.25, 0.3) is 22.3 Å². The van der Waals surface area contributed by atoms with Crippen LogP contribution in [-0.2, 0) is 23.3 Å². The molecule has 1 atom stereocenters. The number of benzene rings is 1. The van der Waals surface area contributed by atoms with Gasteiger partial charge in [0, 0.05) is 36.4 Å². The number of hydrogen-bond acceptors (Lipinski definition) is 7. The molecule has 1 amide bonds. The van der Waals surface area contributed by atoms with Gasteiger partial charge >= 0.3 is 0 Å². The van der Waals surface area contributed by atoms with E-state index in [0.717, 1.165) is 48.7 Å². The Morgan fingerprint density at radius 3 is 2.75 bits per heavy atom. The Morgan fingerprint density at radius 1 is 1.10 bits per heavy atom. The maximum Gasteiger partial charge on any atom is 0.258 e. The summed E-state index contributed by atoms with van der Waals surface area (Å²) in [5.74, 6) is 2.43. The molecule has 10 nitrogen and oxygen atoms in total. The van der Waals surface area contributed by atoms with Crippen LogP contribution in [0.1, 0.15) is 55.1 Å². The van der Waals surface area contributed by atoms with Crippen LogP contribution >= 0.6 is 0 Å². The van der Waals surface area contributed by atoms with E-state index in [4.69, 9.17) is 14.1 Å². The Bertz CT molecular complexity index is 1700. The van der Waals surface area contributed by atoms with Crippen LogP contribution in [-0.4, -0.2) is 52.5 Å². The molecule has 1 unspecified atom stereocenters. The zero-order chi connectivity index (χ0) is 27.9. The molecule has 6 rings (SSSR count). The largest absolute Gasteiger partial charge is 0.477 e. The Balaban J connectivity index is 1.43. The van der Waals surface area contributed by atoms with Crippen LogP contribution in [0, 0.1) is 12.8 Å². The minimum Gasteiger partial charge on any atom is -0.477 e. The Labute approximate surface area is 234 Å². The monoisotopic (exact) mass is 561 g/mol. The van der Waals surface area contributed by atoms with E-state index in [1.807, 2.05) is 32.2 Å². The number of hydrogen-bond donors (Lipinski definition) is 1. The number of nitrogens with zero attached hydrogens (tertiary/aromatic N) is 6. The van der Waals surface area contributed by atoms with Gasteiger partial charge in [-0.25, -0.2) is 13.9 Å². The SMILES string of the molecule is Cc1cc2cc(n1)-c1cnn(C)c1OCCCC(C)Cn1c(nc3ccc(N=S4(=O)CCCCC4)cc31)NC2=O. The highest BCUT2D eigenvalue weighted by Crippen LogP contribution is 2.31. The van der Waals surface area contributed by atoms with Crippen molar-refractivity contribution in [2.45, 2.75) is 52.5 Å². The number of carbonyl (C=O) groups is 1. The van der Waals surface area contributed by atoms with Crippen molar-refractivity contribution >= 4 is 38.3 Å². The third kappa shape index (κ3) is 5.34. The number of imidazole rings is 1. The molecule has 2 bridgehead atoms. The van der Waals surface area contributed by atoms with Crippen LogP contribution in [0.2, 0.25) is 0 Å². The highest BCUT2D eigenvalue weighted by molar-refractivity contribution is 7.93. The quantitative estimate of drug-likeness (QED) is 0.329. The number of carbonyl (C=O) groups excluding carboxylic acids is 1. The average Bonchev–Trinajstić information content (AvgIpc) is 3.45. The summed E-state index contributed by atoms with van der Waals surface area (Å²) in [6, 6.07) is 9.27. The van der Waals surface area contributed by atoms with Crippen LogP contribution in [0.3, 0.4) is 0 Å². The van der Waals surface area contributed by atoms with Gasteiger partial charge in [-0.1, -0.05) is 13.3 Å². The molecule has 0 spiro atoms. The molecule has 1 saturated heterocycles. The average molecular weight is 562 g/mol. The first-order valence-corrected chi connectivity index (χ1v) is 15.8. The molecule has 1 fully saturated rings. The third-order valence-corrected chi connectivity index (χ3v) is 10.0. The van der Waals surface area contributed by atoms with Crippen LogP contribution < -0.4 is 10.1 Å². The minimum absolute atomic E-state index is 0.271. The fraction of sp³-hybridized carbons (Fsp3) is 0.448. The first-order valence-electron chi connectivity index (χ1n) is 14.0. The van der Waals surface area contributed by atoms with Gasteiger partial charge in [-0.15, -0.1) is 0 Å². The van der Waals surface area contributed by atoms with Gasteiger partial charge in [0.25, 0.3) is 5.91 Å².